The summed E-state index contributed by atoms with van der Waals surface area (Å²) in [6.45, 7) is 5.00. The molecule has 1 amide bonds. The summed E-state index contributed by atoms with van der Waals surface area (Å²) in [7, 11) is 0. The van der Waals surface area contributed by atoms with Crippen LogP contribution in [-0.4, -0.2) is 47.4 Å². The molecule has 0 bridgehead atoms. The maximum Gasteiger partial charge on any atom is 0.305 e. The third-order valence-corrected chi connectivity index (χ3v) is 16.2. The minimum atomic E-state index is -0.663. The first-order valence-electron chi connectivity index (χ1n) is 33.8. The highest BCUT2D eigenvalue weighted by molar-refractivity contribution is 5.76. The zero-order valence-corrected chi connectivity index (χ0v) is 49.9. The van der Waals surface area contributed by atoms with Gasteiger partial charge in [0.1, 0.15) is 0 Å². The fourth-order valence-corrected chi connectivity index (χ4v) is 11.0. The van der Waals surface area contributed by atoms with Gasteiger partial charge < -0.3 is 20.3 Å². The number of nitrogens with one attached hydrogen (secondary N) is 1. The normalized spacial score (nSPS) is 12.4. The number of carbonyl (C=O) groups excluding carboxylic acids is 2. The van der Waals surface area contributed by atoms with Gasteiger partial charge in [0.2, 0.25) is 5.91 Å². The Morgan fingerprint density at radius 3 is 0.836 bits per heavy atom. The first-order chi connectivity index (χ1) is 36.0. The molecule has 0 spiro atoms. The van der Waals surface area contributed by atoms with E-state index >= 15 is 0 Å². The number of carbonyl (C=O) groups is 2. The third kappa shape index (κ3) is 60.0. The molecule has 6 heteroatoms. The molecular formula is C67H133NO5. The summed E-state index contributed by atoms with van der Waals surface area (Å²) in [5.41, 5.74) is 0. The van der Waals surface area contributed by atoms with Crippen LogP contribution in [0.1, 0.15) is 393 Å². The Morgan fingerprint density at radius 2 is 0.562 bits per heavy atom. The fraction of sp³-hybridized carbons (Fsp3) is 0.970. The average molecular weight is 1030 g/mol. The second-order valence-electron chi connectivity index (χ2n) is 23.5. The summed E-state index contributed by atoms with van der Waals surface area (Å²) in [6, 6.07) is -0.540. The van der Waals surface area contributed by atoms with Crippen molar-refractivity contribution in [2.24, 2.45) is 0 Å². The molecular weight excluding hydrogens is 899 g/mol. The van der Waals surface area contributed by atoms with E-state index in [1.54, 1.807) is 0 Å². The molecule has 0 aliphatic rings. The Hall–Kier alpha value is -1.14. The molecule has 0 radical (unpaired) electrons. The Labute approximate surface area is 457 Å². The van der Waals surface area contributed by atoms with Gasteiger partial charge in [-0.15, -0.1) is 0 Å². The molecule has 0 aliphatic carbocycles. The Bertz CT molecular complexity index is 1050. The molecule has 2 unspecified atom stereocenters. The largest absolute Gasteiger partial charge is 0.466 e. The first-order valence-corrected chi connectivity index (χ1v) is 33.8. The molecule has 436 valence electrons. The lowest BCUT2D eigenvalue weighted by Gasteiger charge is -2.22. The average Bonchev–Trinajstić information content (AvgIpc) is 3.39. The van der Waals surface area contributed by atoms with Crippen molar-refractivity contribution in [3.8, 4) is 0 Å². The van der Waals surface area contributed by atoms with E-state index in [0.29, 0.717) is 25.9 Å². The van der Waals surface area contributed by atoms with Crippen molar-refractivity contribution in [2.45, 2.75) is 405 Å². The Balaban J connectivity index is 3.34. The zero-order chi connectivity index (χ0) is 52.9. The van der Waals surface area contributed by atoms with Gasteiger partial charge in [-0.05, 0) is 25.7 Å². The predicted molar refractivity (Wildman–Crippen MR) is 320 cm³/mol. The minimum Gasteiger partial charge on any atom is -0.466 e. The predicted octanol–water partition coefficient (Wildman–Crippen LogP) is 21.4. The van der Waals surface area contributed by atoms with E-state index in [1.165, 1.54) is 321 Å². The lowest BCUT2D eigenvalue weighted by atomic mass is 10.0. The van der Waals surface area contributed by atoms with Crippen LogP contribution >= 0.6 is 0 Å². The number of ether oxygens (including phenoxy) is 1. The zero-order valence-electron chi connectivity index (χ0n) is 49.9. The minimum absolute atomic E-state index is 0.0197. The molecule has 0 aromatic heterocycles. The van der Waals surface area contributed by atoms with Gasteiger partial charge >= 0.3 is 5.97 Å². The molecule has 0 saturated heterocycles. The summed E-state index contributed by atoms with van der Waals surface area (Å²) in [6.07, 6.45) is 75.6. The Kier molecular flexibility index (Phi) is 62.4. The number of amides is 1. The van der Waals surface area contributed by atoms with E-state index in [1.807, 2.05) is 0 Å². The van der Waals surface area contributed by atoms with Gasteiger partial charge in [0.25, 0.3) is 0 Å². The van der Waals surface area contributed by atoms with Gasteiger partial charge in [-0.3, -0.25) is 9.59 Å². The van der Waals surface area contributed by atoms with Gasteiger partial charge in [-0.2, -0.15) is 0 Å². The van der Waals surface area contributed by atoms with E-state index in [9.17, 15) is 19.8 Å². The highest BCUT2D eigenvalue weighted by Gasteiger charge is 2.20. The highest BCUT2D eigenvalue weighted by atomic mass is 16.5. The molecule has 0 saturated carbocycles. The summed E-state index contributed by atoms with van der Waals surface area (Å²) in [5, 5.41) is 23.3. The molecule has 0 rings (SSSR count). The summed E-state index contributed by atoms with van der Waals surface area (Å²) in [5.74, 6) is -0.0108. The number of aliphatic hydroxyl groups excluding tert-OH is 2. The Morgan fingerprint density at radius 1 is 0.329 bits per heavy atom. The lowest BCUT2D eigenvalue weighted by Crippen LogP contribution is -2.45. The number of esters is 1. The monoisotopic (exact) mass is 1030 g/mol. The molecule has 6 nitrogen and oxygen atoms in total. The highest BCUT2D eigenvalue weighted by Crippen LogP contribution is 2.19. The van der Waals surface area contributed by atoms with E-state index < -0.39 is 12.1 Å². The van der Waals surface area contributed by atoms with Crippen molar-refractivity contribution in [1.29, 1.82) is 0 Å². The maximum absolute atomic E-state index is 12.5. The first kappa shape index (κ1) is 71.9. The van der Waals surface area contributed by atoms with Crippen molar-refractivity contribution >= 4 is 11.9 Å². The molecule has 0 aromatic rings. The van der Waals surface area contributed by atoms with Crippen molar-refractivity contribution in [3.05, 3.63) is 0 Å². The molecule has 0 aromatic carbocycles. The van der Waals surface area contributed by atoms with Crippen LogP contribution in [0, 0.1) is 0 Å². The smallest absolute Gasteiger partial charge is 0.305 e. The van der Waals surface area contributed by atoms with E-state index in [2.05, 4.69) is 19.2 Å². The fourth-order valence-electron chi connectivity index (χ4n) is 11.0. The van der Waals surface area contributed by atoms with Gasteiger partial charge in [-0.1, -0.05) is 354 Å². The number of hydrogen-bond acceptors (Lipinski definition) is 5. The summed E-state index contributed by atoms with van der Waals surface area (Å²) < 4.78 is 5.51. The summed E-state index contributed by atoms with van der Waals surface area (Å²) >= 11 is 0. The van der Waals surface area contributed by atoms with Gasteiger partial charge in [-0.25, -0.2) is 0 Å². The third-order valence-electron chi connectivity index (χ3n) is 16.2. The van der Waals surface area contributed by atoms with Crippen LogP contribution in [0.3, 0.4) is 0 Å². The van der Waals surface area contributed by atoms with Gasteiger partial charge in [0, 0.05) is 12.8 Å². The van der Waals surface area contributed by atoms with Crippen molar-refractivity contribution in [2.75, 3.05) is 13.2 Å². The SMILES string of the molecule is CCCCCCCCCCCCCCCCCCCC(=O)OCCCCCCCCCCCCCCCCCCCCCCCCCC(=O)NC(CO)C(O)CCCCCCCCCCCCCCCCCC. The van der Waals surface area contributed by atoms with E-state index in [0.717, 1.165) is 38.5 Å². The number of unbranched alkanes of at least 4 members (excludes halogenated alkanes) is 53. The molecule has 0 aliphatic heterocycles. The topological polar surface area (TPSA) is 95.9 Å². The van der Waals surface area contributed by atoms with E-state index in [-0.39, 0.29) is 18.5 Å². The quantitative estimate of drug-likeness (QED) is 0.0417. The van der Waals surface area contributed by atoms with Crippen LogP contribution in [-0.2, 0) is 14.3 Å². The molecule has 73 heavy (non-hydrogen) atoms. The number of rotatable bonds is 64. The van der Waals surface area contributed by atoms with Crippen LogP contribution in [0.25, 0.3) is 0 Å². The molecule has 0 heterocycles. The van der Waals surface area contributed by atoms with Gasteiger partial charge in [0.05, 0.1) is 25.4 Å². The summed E-state index contributed by atoms with van der Waals surface area (Å²) in [4.78, 5) is 24.6. The van der Waals surface area contributed by atoms with Crippen molar-refractivity contribution < 1.29 is 24.5 Å². The number of aliphatic hydroxyl groups is 2. The standard InChI is InChI=1S/C67H133NO5/c1-3-5-7-9-11-13-15-17-19-28-33-37-41-45-49-53-57-61-67(72)73-62-58-54-50-46-42-38-34-30-27-25-23-21-22-24-26-29-32-36-40-44-48-52-56-60-66(71)68-64(63-69)65(70)59-55-51-47-43-39-35-31-20-18-16-14-12-10-8-6-4-2/h64-65,69-70H,3-63H2,1-2H3,(H,68,71). The van der Waals surface area contributed by atoms with Crippen LogP contribution < -0.4 is 5.32 Å². The van der Waals surface area contributed by atoms with Gasteiger partial charge in [0.15, 0.2) is 0 Å². The number of hydrogen-bond donors (Lipinski definition) is 3. The second-order valence-corrected chi connectivity index (χ2v) is 23.5. The van der Waals surface area contributed by atoms with Crippen LogP contribution in [0.5, 0.6) is 0 Å². The van der Waals surface area contributed by atoms with Crippen molar-refractivity contribution in [3.63, 3.8) is 0 Å². The van der Waals surface area contributed by atoms with Crippen LogP contribution in [0.2, 0.25) is 0 Å². The molecule has 3 N–H and O–H groups in total. The van der Waals surface area contributed by atoms with Crippen LogP contribution in [0.4, 0.5) is 0 Å². The molecule has 2 atom stereocenters. The van der Waals surface area contributed by atoms with Crippen molar-refractivity contribution in [1.82, 2.24) is 5.32 Å². The second kappa shape index (κ2) is 63.4. The molecule has 0 fully saturated rings. The van der Waals surface area contributed by atoms with E-state index in [4.69, 9.17) is 4.74 Å². The van der Waals surface area contributed by atoms with Crippen LogP contribution in [0.15, 0.2) is 0 Å². The lowest BCUT2D eigenvalue weighted by molar-refractivity contribution is -0.143. The maximum atomic E-state index is 12.5.